The van der Waals surface area contributed by atoms with Gasteiger partial charge < -0.3 is 20.1 Å². The summed E-state index contributed by atoms with van der Waals surface area (Å²) < 4.78 is 46.8. The lowest BCUT2D eigenvalue weighted by molar-refractivity contribution is -0.274. The van der Waals surface area contributed by atoms with Crippen molar-refractivity contribution in [1.82, 2.24) is 10.6 Å². The highest BCUT2D eigenvalue weighted by Gasteiger charge is 2.36. The summed E-state index contributed by atoms with van der Waals surface area (Å²) in [5, 5.41) is 7.32. The second-order valence-electron chi connectivity index (χ2n) is 7.30. The molecule has 1 saturated heterocycles. The van der Waals surface area contributed by atoms with Crippen LogP contribution < -0.4 is 20.1 Å². The molecule has 3 rings (SSSR count). The summed E-state index contributed by atoms with van der Waals surface area (Å²) in [5.74, 6) is 0.833. The summed E-state index contributed by atoms with van der Waals surface area (Å²) in [6.07, 6.45) is 0.668. The highest BCUT2D eigenvalue weighted by Crippen LogP contribution is 2.33. The molecule has 2 N–H and O–H groups in total. The van der Waals surface area contributed by atoms with Crippen LogP contribution in [-0.2, 0) is 6.54 Å². The van der Waals surface area contributed by atoms with Crippen LogP contribution in [0.15, 0.2) is 18.2 Å². The predicted molar refractivity (Wildman–Crippen MR) is 98.3 cm³/mol. The summed E-state index contributed by atoms with van der Waals surface area (Å²) in [5.41, 5.74) is 0.642. The van der Waals surface area contributed by atoms with Gasteiger partial charge in [-0.25, -0.2) is 0 Å². The fourth-order valence-electron chi connectivity index (χ4n) is 4.27. The summed E-state index contributed by atoms with van der Waals surface area (Å²) in [6.45, 7) is 1.35. The van der Waals surface area contributed by atoms with Crippen LogP contribution in [-0.4, -0.2) is 37.5 Å². The number of benzene rings is 1. The van der Waals surface area contributed by atoms with Gasteiger partial charge >= 0.3 is 6.36 Å². The van der Waals surface area contributed by atoms with Crippen LogP contribution in [0.2, 0.25) is 0 Å². The molecule has 1 aromatic rings. The molecule has 1 saturated carbocycles. The number of hydrogen-bond donors (Lipinski definition) is 2. The van der Waals surface area contributed by atoms with Crippen LogP contribution in [0.4, 0.5) is 13.2 Å². The minimum absolute atomic E-state index is 0.238. The Kier molecular flexibility index (Phi) is 6.76. The van der Waals surface area contributed by atoms with E-state index in [2.05, 4.69) is 15.4 Å². The maximum atomic E-state index is 12.5. The Morgan fingerprint density at radius 3 is 2.78 bits per heavy atom. The molecule has 1 aromatic carbocycles. The Hall–Kier alpha value is -1.18. The van der Waals surface area contributed by atoms with E-state index in [0.717, 1.165) is 38.6 Å². The molecule has 1 heterocycles. The highest BCUT2D eigenvalue weighted by atomic mass is 35.5. The molecule has 0 radical (unpaired) electrons. The topological polar surface area (TPSA) is 42.5 Å². The molecular formula is C19H26ClF3N2O2. The van der Waals surface area contributed by atoms with E-state index in [1.807, 2.05) is 0 Å². The van der Waals surface area contributed by atoms with E-state index in [0.29, 0.717) is 29.8 Å². The summed E-state index contributed by atoms with van der Waals surface area (Å²) in [7, 11) is 1.51. The van der Waals surface area contributed by atoms with E-state index in [1.165, 1.54) is 25.3 Å². The lowest BCUT2D eigenvalue weighted by atomic mass is 9.81. The minimum Gasteiger partial charge on any atom is -0.496 e. The van der Waals surface area contributed by atoms with Crippen LogP contribution in [0.5, 0.6) is 11.5 Å². The maximum absolute atomic E-state index is 12.5. The first kappa shape index (κ1) is 20.6. The molecule has 4 nitrogen and oxygen atoms in total. The molecule has 27 heavy (non-hydrogen) atoms. The molecular weight excluding hydrogens is 381 g/mol. The molecule has 1 unspecified atom stereocenters. The zero-order valence-corrected chi connectivity index (χ0v) is 16.1. The Morgan fingerprint density at radius 2 is 2.07 bits per heavy atom. The smallest absolute Gasteiger partial charge is 0.496 e. The third-order valence-corrected chi connectivity index (χ3v) is 5.86. The van der Waals surface area contributed by atoms with Crippen molar-refractivity contribution in [2.45, 2.75) is 62.5 Å². The molecule has 0 bridgehead atoms. The van der Waals surface area contributed by atoms with Crippen molar-refractivity contribution >= 4 is 11.6 Å². The van der Waals surface area contributed by atoms with Gasteiger partial charge in [-0.2, -0.15) is 0 Å². The standard InChI is InChI=1S/C19H26ClF3N2O2/c1-26-17-6-5-15(27-19(21,22)23)10-13(17)11-25-16-7-8-24-18(16)12-3-2-4-14(20)9-12/h5-6,10,12,14,16,18,24-25H,2-4,7-9,11H2,1H3/t12?,14-,16+,18+/m1/s1. The van der Waals surface area contributed by atoms with Gasteiger partial charge in [-0.05, 0) is 56.3 Å². The van der Waals surface area contributed by atoms with Gasteiger partial charge in [0.1, 0.15) is 11.5 Å². The predicted octanol–water partition coefficient (Wildman–Crippen LogP) is 4.21. The first-order valence-electron chi connectivity index (χ1n) is 9.39. The van der Waals surface area contributed by atoms with Gasteiger partial charge in [-0.1, -0.05) is 6.42 Å². The number of alkyl halides is 4. The van der Waals surface area contributed by atoms with Gasteiger partial charge in [0.15, 0.2) is 0 Å². The molecule has 2 fully saturated rings. The second-order valence-corrected chi connectivity index (χ2v) is 7.92. The van der Waals surface area contributed by atoms with Crippen molar-refractivity contribution in [3.63, 3.8) is 0 Å². The van der Waals surface area contributed by atoms with Gasteiger partial charge in [0.05, 0.1) is 7.11 Å². The summed E-state index contributed by atoms with van der Waals surface area (Å²) in [4.78, 5) is 0. The van der Waals surface area contributed by atoms with Crippen LogP contribution in [0.3, 0.4) is 0 Å². The molecule has 1 aliphatic heterocycles. The van der Waals surface area contributed by atoms with Gasteiger partial charge in [0.2, 0.25) is 0 Å². The van der Waals surface area contributed by atoms with Crippen LogP contribution in [0, 0.1) is 5.92 Å². The molecule has 2 aliphatic rings. The molecule has 1 aliphatic carbocycles. The van der Waals surface area contributed by atoms with Crippen LogP contribution in [0.1, 0.15) is 37.7 Å². The number of hydrogen-bond acceptors (Lipinski definition) is 4. The average molecular weight is 407 g/mol. The summed E-state index contributed by atoms with van der Waals surface area (Å²) >= 11 is 6.35. The fourth-order valence-corrected chi connectivity index (χ4v) is 4.66. The van der Waals surface area contributed by atoms with E-state index in [4.69, 9.17) is 16.3 Å². The van der Waals surface area contributed by atoms with Gasteiger partial charge in [0, 0.05) is 29.6 Å². The van der Waals surface area contributed by atoms with Crippen molar-refractivity contribution in [3.05, 3.63) is 23.8 Å². The Bertz CT molecular complexity index is 629. The molecule has 0 spiro atoms. The first-order chi connectivity index (χ1) is 12.9. The number of nitrogens with one attached hydrogen (secondary N) is 2. The quantitative estimate of drug-likeness (QED) is 0.694. The van der Waals surface area contributed by atoms with Crippen LogP contribution in [0.25, 0.3) is 0 Å². The normalized spacial score (nSPS) is 28.9. The molecule has 0 aromatic heterocycles. The highest BCUT2D eigenvalue weighted by molar-refractivity contribution is 6.20. The molecule has 0 amide bonds. The van der Waals surface area contributed by atoms with E-state index in [9.17, 15) is 13.2 Å². The summed E-state index contributed by atoms with van der Waals surface area (Å²) in [6, 6.07) is 4.74. The average Bonchev–Trinajstić information content (AvgIpc) is 3.07. The fraction of sp³-hybridized carbons (Fsp3) is 0.684. The number of ether oxygens (including phenoxy) is 2. The van der Waals surface area contributed by atoms with E-state index in [1.54, 1.807) is 0 Å². The van der Waals surface area contributed by atoms with E-state index in [-0.39, 0.29) is 17.2 Å². The zero-order valence-electron chi connectivity index (χ0n) is 15.3. The lowest BCUT2D eigenvalue weighted by Gasteiger charge is -2.34. The van der Waals surface area contributed by atoms with E-state index < -0.39 is 6.36 Å². The SMILES string of the molecule is COc1ccc(OC(F)(F)F)cc1CN[C@H]1CCN[C@H]1C1CCC[C@@H](Cl)C1. The van der Waals surface area contributed by atoms with Crippen molar-refractivity contribution < 1.29 is 22.6 Å². The second kappa shape index (κ2) is 8.88. The molecule has 152 valence electrons. The van der Waals surface area contributed by atoms with Gasteiger partial charge in [-0.3, -0.25) is 0 Å². The number of rotatable bonds is 6. The van der Waals surface area contributed by atoms with E-state index >= 15 is 0 Å². The third kappa shape index (κ3) is 5.65. The monoisotopic (exact) mass is 406 g/mol. The van der Waals surface area contributed by atoms with Crippen molar-refractivity contribution in [2.24, 2.45) is 5.92 Å². The Balaban J connectivity index is 1.65. The van der Waals surface area contributed by atoms with Gasteiger partial charge in [0.25, 0.3) is 0 Å². The number of halogens is 4. The lowest BCUT2D eigenvalue weighted by Crippen LogP contribution is -2.46. The van der Waals surface area contributed by atoms with Crippen LogP contribution >= 0.6 is 11.6 Å². The van der Waals surface area contributed by atoms with Crippen molar-refractivity contribution in [3.8, 4) is 11.5 Å². The number of methoxy groups -OCH3 is 1. The van der Waals surface area contributed by atoms with Gasteiger partial charge in [-0.15, -0.1) is 24.8 Å². The Morgan fingerprint density at radius 1 is 1.26 bits per heavy atom. The van der Waals surface area contributed by atoms with Crippen molar-refractivity contribution in [2.75, 3.05) is 13.7 Å². The largest absolute Gasteiger partial charge is 0.573 e. The Labute approximate surface area is 162 Å². The third-order valence-electron chi connectivity index (χ3n) is 5.47. The maximum Gasteiger partial charge on any atom is 0.573 e. The zero-order chi connectivity index (χ0) is 19.4. The molecule has 8 heteroatoms. The first-order valence-corrected chi connectivity index (χ1v) is 9.83. The molecule has 4 atom stereocenters. The van der Waals surface area contributed by atoms with Crippen molar-refractivity contribution in [1.29, 1.82) is 0 Å². The minimum atomic E-state index is -4.71.